The van der Waals surface area contributed by atoms with Crippen LogP contribution in [0, 0.1) is 5.41 Å². The Morgan fingerprint density at radius 1 is 1.20 bits per heavy atom. The molecule has 0 aromatic heterocycles. The Kier molecular flexibility index (Phi) is 4.52. The minimum atomic E-state index is -0.829. The lowest BCUT2D eigenvalue weighted by molar-refractivity contribution is -0.148. The van der Waals surface area contributed by atoms with E-state index in [1.807, 2.05) is 0 Å². The summed E-state index contributed by atoms with van der Waals surface area (Å²) in [5, 5.41) is 15.2. The second-order valence-corrected chi connectivity index (χ2v) is 6.36. The number of hydrogen-bond donors (Lipinski definition) is 3. The first-order valence-corrected chi connectivity index (χ1v) is 7.41. The van der Waals surface area contributed by atoms with Crippen LogP contribution in [0.3, 0.4) is 0 Å². The molecule has 6 heteroatoms. The zero-order valence-corrected chi connectivity index (χ0v) is 12.3. The molecule has 0 radical (unpaired) electrons. The Hall–Kier alpha value is -1.30. The van der Waals surface area contributed by atoms with Gasteiger partial charge in [0.15, 0.2) is 0 Å². The number of nitrogens with one attached hydrogen (secondary N) is 2. The van der Waals surface area contributed by atoms with Crippen LogP contribution >= 0.6 is 0 Å². The third-order valence-electron chi connectivity index (χ3n) is 4.81. The van der Waals surface area contributed by atoms with Crippen LogP contribution in [0.2, 0.25) is 0 Å². The molecule has 114 valence electrons. The molecule has 1 heterocycles. The lowest BCUT2D eigenvalue weighted by Gasteiger charge is -2.31. The summed E-state index contributed by atoms with van der Waals surface area (Å²) in [5.74, 6) is -0.820. The first-order valence-electron chi connectivity index (χ1n) is 7.41. The van der Waals surface area contributed by atoms with E-state index >= 15 is 0 Å². The van der Waals surface area contributed by atoms with Crippen LogP contribution in [0.25, 0.3) is 0 Å². The lowest BCUT2D eigenvalue weighted by atomic mass is 9.85. The highest BCUT2D eigenvalue weighted by molar-refractivity contribution is 5.79. The van der Waals surface area contributed by atoms with Crippen LogP contribution < -0.4 is 10.6 Å². The SMILES string of the molecule is CN1CCC(NC(=O)NC2CCCC2(C)C(=O)O)CC1. The maximum atomic E-state index is 12.0. The van der Waals surface area contributed by atoms with E-state index in [0.29, 0.717) is 6.42 Å². The Bertz CT molecular complexity index is 380. The van der Waals surface area contributed by atoms with Crippen molar-refractivity contribution in [3.8, 4) is 0 Å². The maximum absolute atomic E-state index is 12.0. The number of carboxylic acid groups (broad SMARTS) is 1. The van der Waals surface area contributed by atoms with E-state index in [1.54, 1.807) is 6.92 Å². The van der Waals surface area contributed by atoms with Crippen LogP contribution in [0.15, 0.2) is 0 Å². The number of hydrogen-bond acceptors (Lipinski definition) is 3. The summed E-state index contributed by atoms with van der Waals surface area (Å²) < 4.78 is 0. The minimum absolute atomic E-state index is 0.198. The van der Waals surface area contributed by atoms with Crippen molar-refractivity contribution in [3.63, 3.8) is 0 Å². The van der Waals surface area contributed by atoms with Crippen molar-refractivity contribution in [2.75, 3.05) is 20.1 Å². The van der Waals surface area contributed by atoms with E-state index < -0.39 is 11.4 Å². The number of carbonyl (C=O) groups is 2. The summed E-state index contributed by atoms with van der Waals surface area (Å²) in [6, 6.07) is -0.297. The van der Waals surface area contributed by atoms with Crippen LogP contribution in [-0.2, 0) is 4.79 Å². The molecule has 6 nitrogen and oxygen atoms in total. The molecular formula is C14H25N3O3. The van der Waals surface area contributed by atoms with Crippen LogP contribution in [0.1, 0.15) is 39.0 Å². The van der Waals surface area contributed by atoms with Gasteiger partial charge < -0.3 is 20.6 Å². The van der Waals surface area contributed by atoms with E-state index in [-0.39, 0.29) is 18.1 Å². The van der Waals surface area contributed by atoms with Crippen molar-refractivity contribution in [2.45, 2.75) is 51.1 Å². The average molecular weight is 283 g/mol. The van der Waals surface area contributed by atoms with Gasteiger partial charge in [-0.25, -0.2) is 4.79 Å². The number of urea groups is 1. The third-order valence-corrected chi connectivity index (χ3v) is 4.81. The van der Waals surface area contributed by atoms with Crippen LogP contribution in [0.4, 0.5) is 4.79 Å². The Labute approximate surface area is 119 Å². The number of rotatable bonds is 3. The van der Waals surface area contributed by atoms with Crippen LogP contribution in [0.5, 0.6) is 0 Å². The van der Waals surface area contributed by atoms with Crippen LogP contribution in [-0.4, -0.2) is 54.2 Å². The predicted octanol–water partition coefficient (Wildman–Crippen LogP) is 1.02. The zero-order chi connectivity index (χ0) is 14.8. The van der Waals surface area contributed by atoms with Crippen molar-refractivity contribution >= 4 is 12.0 Å². The molecule has 1 aliphatic heterocycles. The van der Waals surface area contributed by atoms with Crippen molar-refractivity contribution in [1.29, 1.82) is 0 Å². The quantitative estimate of drug-likeness (QED) is 0.722. The molecule has 0 aromatic rings. The fraction of sp³-hybridized carbons (Fsp3) is 0.857. The second-order valence-electron chi connectivity index (χ2n) is 6.36. The van der Waals surface area contributed by atoms with Gasteiger partial charge in [-0.05, 0) is 52.7 Å². The van der Waals surface area contributed by atoms with E-state index in [4.69, 9.17) is 0 Å². The second kappa shape index (κ2) is 5.99. The molecule has 2 unspecified atom stereocenters. The summed E-state index contributed by atoms with van der Waals surface area (Å²) in [6.07, 6.45) is 4.11. The highest BCUT2D eigenvalue weighted by Gasteiger charge is 2.46. The summed E-state index contributed by atoms with van der Waals surface area (Å²) in [5.41, 5.74) is -0.829. The molecule has 3 N–H and O–H groups in total. The molecule has 2 fully saturated rings. The lowest BCUT2D eigenvalue weighted by Crippen LogP contribution is -2.53. The molecule has 2 atom stereocenters. The number of nitrogens with zero attached hydrogens (tertiary/aromatic N) is 1. The molecular weight excluding hydrogens is 258 g/mol. The van der Waals surface area contributed by atoms with Gasteiger partial charge in [-0.1, -0.05) is 6.42 Å². The average Bonchev–Trinajstić information content (AvgIpc) is 2.75. The van der Waals surface area contributed by atoms with Crippen molar-refractivity contribution < 1.29 is 14.7 Å². The predicted molar refractivity (Wildman–Crippen MR) is 75.6 cm³/mol. The number of carbonyl (C=O) groups excluding carboxylic acids is 1. The Balaban J connectivity index is 1.84. The molecule has 2 amide bonds. The first kappa shape index (κ1) is 15.1. The monoisotopic (exact) mass is 283 g/mol. The van der Waals surface area contributed by atoms with E-state index in [9.17, 15) is 14.7 Å². The molecule has 0 aromatic carbocycles. The molecule has 0 spiro atoms. The van der Waals surface area contributed by atoms with Gasteiger partial charge in [0.2, 0.25) is 0 Å². The highest BCUT2D eigenvalue weighted by atomic mass is 16.4. The number of carboxylic acids is 1. The van der Waals surface area contributed by atoms with Gasteiger partial charge in [0, 0.05) is 12.1 Å². The number of amides is 2. The summed E-state index contributed by atoms with van der Waals surface area (Å²) in [7, 11) is 2.08. The summed E-state index contributed by atoms with van der Waals surface area (Å²) >= 11 is 0. The van der Waals surface area contributed by atoms with E-state index in [1.165, 1.54) is 0 Å². The fourth-order valence-corrected chi connectivity index (χ4v) is 3.19. The van der Waals surface area contributed by atoms with E-state index in [0.717, 1.165) is 38.8 Å². The van der Waals surface area contributed by atoms with Crippen molar-refractivity contribution in [1.82, 2.24) is 15.5 Å². The fourth-order valence-electron chi connectivity index (χ4n) is 3.19. The van der Waals surface area contributed by atoms with Gasteiger partial charge in [-0.3, -0.25) is 4.79 Å². The van der Waals surface area contributed by atoms with Crippen molar-refractivity contribution in [3.05, 3.63) is 0 Å². The zero-order valence-electron chi connectivity index (χ0n) is 12.3. The van der Waals surface area contributed by atoms with Gasteiger partial charge in [0.25, 0.3) is 0 Å². The summed E-state index contributed by atoms with van der Waals surface area (Å²) in [4.78, 5) is 25.6. The third kappa shape index (κ3) is 3.23. The molecule has 20 heavy (non-hydrogen) atoms. The normalized spacial score (nSPS) is 32.0. The molecule has 0 bridgehead atoms. The smallest absolute Gasteiger partial charge is 0.315 e. The topological polar surface area (TPSA) is 81.7 Å². The standard InChI is InChI=1S/C14H25N3O3/c1-14(12(18)19)7-3-4-11(14)16-13(20)15-10-5-8-17(2)9-6-10/h10-11H,3-9H2,1-2H3,(H,18,19)(H2,15,16,20). The Morgan fingerprint density at radius 2 is 1.85 bits per heavy atom. The van der Waals surface area contributed by atoms with Crippen molar-refractivity contribution in [2.24, 2.45) is 5.41 Å². The molecule has 1 saturated carbocycles. The summed E-state index contributed by atoms with van der Waals surface area (Å²) in [6.45, 7) is 3.70. The molecule has 2 rings (SSSR count). The number of piperidine rings is 1. The van der Waals surface area contributed by atoms with Gasteiger partial charge in [-0.2, -0.15) is 0 Å². The molecule has 2 aliphatic rings. The molecule has 1 aliphatic carbocycles. The van der Waals surface area contributed by atoms with Gasteiger partial charge in [0.05, 0.1) is 5.41 Å². The Morgan fingerprint density at radius 3 is 2.45 bits per heavy atom. The highest BCUT2D eigenvalue weighted by Crippen LogP contribution is 2.38. The number of aliphatic carboxylic acids is 1. The first-order chi connectivity index (χ1) is 9.41. The number of likely N-dealkylation sites (tertiary alicyclic amines) is 1. The van der Waals surface area contributed by atoms with Gasteiger partial charge >= 0.3 is 12.0 Å². The molecule has 1 saturated heterocycles. The van der Waals surface area contributed by atoms with E-state index in [2.05, 4.69) is 22.6 Å². The largest absolute Gasteiger partial charge is 0.481 e. The van der Waals surface area contributed by atoms with Gasteiger partial charge in [0.1, 0.15) is 0 Å². The minimum Gasteiger partial charge on any atom is -0.481 e. The van der Waals surface area contributed by atoms with Gasteiger partial charge in [-0.15, -0.1) is 0 Å². The maximum Gasteiger partial charge on any atom is 0.315 e.